The Morgan fingerprint density at radius 1 is 1.21 bits per heavy atom. The molecule has 0 unspecified atom stereocenters. The third-order valence-corrected chi connectivity index (χ3v) is 6.12. The zero-order chi connectivity index (χ0) is 23.3. The van der Waals surface area contributed by atoms with Crippen LogP contribution >= 0.6 is 0 Å². The van der Waals surface area contributed by atoms with E-state index in [2.05, 4.69) is 10.2 Å². The Labute approximate surface area is 184 Å². The van der Waals surface area contributed by atoms with Crippen molar-refractivity contribution < 1.29 is 32.2 Å². The number of rotatable bonds is 5. The van der Waals surface area contributed by atoms with E-state index in [0.29, 0.717) is 37.1 Å². The molecule has 3 heterocycles. The van der Waals surface area contributed by atoms with E-state index in [1.54, 1.807) is 6.07 Å². The highest BCUT2D eigenvalue weighted by Crippen LogP contribution is 2.45. The molecule has 0 amide bonds. The van der Waals surface area contributed by atoms with Gasteiger partial charge in [-0.1, -0.05) is 0 Å². The van der Waals surface area contributed by atoms with Gasteiger partial charge in [-0.25, -0.2) is 17.6 Å². The quantitative estimate of drug-likeness (QED) is 0.395. The summed E-state index contributed by atoms with van der Waals surface area (Å²) in [5, 5.41) is 15.9. The molecule has 33 heavy (non-hydrogen) atoms. The first-order valence-corrected chi connectivity index (χ1v) is 10.5. The van der Waals surface area contributed by atoms with Gasteiger partial charge < -0.3 is 14.4 Å². The van der Waals surface area contributed by atoms with Gasteiger partial charge >= 0.3 is 5.97 Å². The van der Waals surface area contributed by atoms with Crippen molar-refractivity contribution in [2.24, 2.45) is 0 Å². The van der Waals surface area contributed by atoms with Crippen LogP contribution in [0.3, 0.4) is 0 Å². The first-order valence-electron chi connectivity index (χ1n) is 10.5. The molecule has 1 fully saturated rings. The highest BCUT2D eigenvalue weighted by Gasteiger charge is 2.34. The molecule has 5 rings (SSSR count). The number of nitrogens with one attached hydrogen (secondary N) is 1. The number of H-pyrrole nitrogens is 1. The molecule has 1 saturated heterocycles. The van der Waals surface area contributed by atoms with Crippen LogP contribution in [0.1, 0.15) is 42.6 Å². The minimum atomic E-state index is -2.02. The van der Waals surface area contributed by atoms with E-state index in [4.69, 9.17) is 4.74 Å². The minimum Gasteiger partial charge on any atom is -0.481 e. The molecule has 10 heteroatoms. The Kier molecular flexibility index (Phi) is 5.32. The maximum atomic E-state index is 15.7. The summed E-state index contributed by atoms with van der Waals surface area (Å²) in [6.45, 7) is 0.763. The number of ether oxygens (including phenoxy) is 1. The molecular formula is C23H19F4N3O3. The first-order chi connectivity index (χ1) is 15.9. The molecule has 2 N–H and O–H groups in total. The van der Waals surface area contributed by atoms with E-state index >= 15 is 8.78 Å². The van der Waals surface area contributed by atoms with E-state index in [9.17, 15) is 18.7 Å². The number of aromatic nitrogens is 3. The van der Waals surface area contributed by atoms with Gasteiger partial charge in [-0.3, -0.25) is 9.89 Å². The zero-order valence-corrected chi connectivity index (χ0v) is 17.2. The first kappa shape index (κ1) is 21.4. The van der Waals surface area contributed by atoms with Crippen LogP contribution in [0, 0.1) is 17.5 Å². The molecule has 1 aliphatic heterocycles. The van der Waals surface area contributed by atoms with Crippen molar-refractivity contribution in [2.45, 2.75) is 31.4 Å². The number of halogens is 4. The smallest absolute Gasteiger partial charge is 0.306 e. The van der Waals surface area contributed by atoms with Crippen molar-refractivity contribution in [1.29, 1.82) is 0 Å². The van der Waals surface area contributed by atoms with Crippen molar-refractivity contribution in [3.63, 3.8) is 0 Å². The summed E-state index contributed by atoms with van der Waals surface area (Å²) < 4.78 is 66.1. The lowest BCUT2D eigenvalue weighted by molar-refractivity contribution is -0.138. The molecule has 172 valence electrons. The lowest BCUT2D eigenvalue weighted by Crippen LogP contribution is -2.19. The normalized spacial score (nSPS) is 16.0. The maximum Gasteiger partial charge on any atom is 0.306 e. The van der Waals surface area contributed by atoms with Gasteiger partial charge in [-0.2, -0.15) is 5.10 Å². The second kappa shape index (κ2) is 8.18. The number of nitrogens with zero attached hydrogens (tertiary/aromatic N) is 2. The van der Waals surface area contributed by atoms with Crippen molar-refractivity contribution in [3.8, 4) is 5.69 Å². The summed E-state index contributed by atoms with van der Waals surface area (Å²) >= 11 is 0. The molecule has 0 bridgehead atoms. The number of hydrogen-bond acceptors (Lipinski definition) is 3. The highest BCUT2D eigenvalue weighted by molar-refractivity contribution is 6.00. The third-order valence-electron chi connectivity index (χ3n) is 6.12. The molecule has 2 aromatic heterocycles. The van der Waals surface area contributed by atoms with Gasteiger partial charge in [-0.05, 0) is 31.0 Å². The second-order valence-electron chi connectivity index (χ2n) is 8.10. The molecule has 0 aliphatic carbocycles. The number of aliphatic carboxylic acids is 1. The average Bonchev–Trinajstić information content (AvgIpc) is 3.39. The van der Waals surface area contributed by atoms with Crippen molar-refractivity contribution >= 4 is 27.8 Å². The maximum absolute atomic E-state index is 15.7. The average molecular weight is 461 g/mol. The van der Waals surface area contributed by atoms with Crippen LogP contribution in [-0.4, -0.2) is 39.1 Å². The third kappa shape index (κ3) is 3.54. The molecule has 0 radical (unpaired) electrons. The highest BCUT2D eigenvalue weighted by atomic mass is 19.2. The molecular weight excluding hydrogens is 442 g/mol. The standard InChI is InChI=1S/C23H19F4N3O3/c24-14-2-1-13(8-15(14)25)30-17-7-12-10-28-29-22(12)21(27)20(17)19(16(26)9-18(31)32)23(30)11-3-5-33-6-4-11/h1-2,7-8,10-11,16H,3-6,9H2,(H,28,29)(H,31,32)/t16-/m0/s1. The second-order valence-corrected chi connectivity index (χ2v) is 8.10. The Balaban J connectivity index is 1.92. The summed E-state index contributed by atoms with van der Waals surface area (Å²) in [4.78, 5) is 11.4. The number of carboxylic acids is 1. The molecule has 2 aromatic carbocycles. The number of carbonyl (C=O) groups is 1. The zero-order valence-electron chi connectivity index (χ0n) is 17.2. The van der Waals surface area contributed by atoms with Gasteiger partial charge in [0.05, 0.1) is 18.1 Å². The fourth-order valence-corrected chi connectivity index (χ4v) is 4.70. The van der Waals surface area contributed by atoms with Crippen molar-refractivity contribution in [2.75, 3.05) is 13.2 Å². The largest absolute Gasteiger partial charge is 0.481 e. The molecule has 1 atom stereocenters. The van der Waals surface area contributed by atoms with Crippen molar-refractivity contribution in [3.05, 3.63) is 59.2 Å². The van der Waals surface area contributed by atoms with E-state index in [1.165, 1.54) is 16.8 Å². The molecule has 6 nitrogen and oxygen atoms in total. The topological polar surface area (TPSA) is 80.1 Å². The number of aromatic amines is 1. The summed E-state index contributed by atoms with van der Waals surface area (Å²) in [7, 11) is 0. The summed E-state index contributed by atoms with van der Waals surface area (Å²) in [6.07, 6.45) is -0.530. The predicted molar refractivity (Wildman–Crippen MR) is 112 cm³/mol. The Morgan fingerprint density at radius 2 is 1.97 bits per heavy atom. The minimum absolute atomic E-state index is 0.0484. The summed E-state index contributed by atoms with van der Waals surface area (Å²) in [5.41, 5.74) is 0.686. The van der Waals surface area contributed by atoms with Gasteiger partial charge in [0.15, 0.2) is 17.5 Å². The van der Waals surface area contributed by atoms with E-state index in [-0.39, 0.29) is 33.6 Å². The number of carboxylic acid groups (broad SMARTS) is 1. The van der Waals surface area contributed by atoms with Crippen LogP contribution in [0.25, 0.3) is 27.5 Å². The van der Waals surface area contributed by atoms with E-state index < -0.39 is 36.0 Å². The summed E-state index contributed by atoms with van der Waals surface area (Å²) in [6, 6.07) is 4.81. The van der Waals surface area contributed by atoms with Gasteiger partial charge in [-0.15, -0.1) is 0 Å². The molecule has 4 aromatic rings. The van der Waals surface area contributed by atoms with E-state index in [0.717, 1.165) is 12.1 Å². The number of benzene rings is 2. The number of alkyl halides is 1. The Bertz CT molecular complexity index is 1370. The van der Waals surface area contributed by atoms with Gasteiger partial charge in [0, 0.05) is 52.9 Å². The number of hydrogen-bond donors (Lipinski definition) is 2. The fraction of sp³-hybridized carbons (Fsp3) is 0.304. The number of fused-ring (bicyclic) bond motifs is 2. The van der Waals surface area contributed by atoms with Crippen LogP contribution in [0.5, 0.6) is 0 Å². The summed E-state index contributed by atoms with van der Waals surface area (Å²) in [5.74, 6) is -4.63. The molecule has 0 spiro atoms. The lowest BCUT2D eigenvalue weighted by atomic mass is 9.90. The van der Waals surface area contributed by atoms with Crippen LogP contribution < -0.4 is 0 Å². The van der Waals surface area contributed by atoms with Crippen LogP contribution in [0.2, 0.25) is 0 Å². The Morgan fingerprint density at radius 3 is 2.67 bits per heavy atom. The fourth-order valence-electron chi connectivity index (χ4n) is 4.70. The van der Waals surface area contributed by atoms with E-state index in [1.807, 2.05) is 0 Å². The SMILES string of the molecule is O=C(O)C[C@H](F)c1c(C2CCOCC2)n(-c2ccc(F)c(F)c2)c2cc3cn[nH]c3c(F)c12. The lowest BCUT2D eigenvalue weighted by Gasteiger charge is -2.26. The van der Waals surface area contributed by atoms with Crippen LogP contribution in [-0.2, 0) is 9.53 Å². The molecule has 0 saturated carbocycles. The van der Waals surface area contributed by atoms with Crippen LogP contribution in [0.4, 0.5) is 17.6 Å². The molecule has 1 aliphatic rings. The monoisotopic (exact) mass is 461 g/mol. The van der Waals surface area contributed by atoms with Crippen molar-refractivity contribution in [1.82, 2.24) is 14.8 Å². The van der Waals surface area contributed by atoms with Gasteiger partial charge in [0.25, 0.3) is 0 Å². The Hall–Kier alpha value is -3.40. The van der Waals surface area contributed by atoms with Crippen LogP contribution in [0.15, 0.2) is 30.5 Å². The predicted octanol–water partition coefficient (Wildman–Crippen LogP) is 5.30. The van der Waals surface area contributed by atoms with Gasteiger partial charge in [0.2, 0.25) is 0 Å². The van der Waals surface area contributed by atoms with Gasteiger partial charge in [0.1, 0.15) is 11.7 Å².